The number of carbonyl (C=O) groups is 1. The van der Waals surface area contributed by atoms with Gasteiger partial charge >= 0.3 is 0 Å². The Labute approximate surface area is 173 Å². The van der Waals surface area contributed by atoms with E-state index >= 15 is 0 Å². The molecule has 0 bridgehead atoms. The lowest BCUT2D eigenvalue weighted by atomic mass is 10.2. The summed E-state index contributed by atoms with van der Waals surface area (Å²) in [6.07, 6.45) is 3.88. The SMILES string of the molecule is C=CCn1c(=NC(=O)c2ccc(OCCCC)cc2)sc2ccc(Cl)c(C)c21. The fourth-order valence-electron chi connectivity index (χ4n) is 2.88. The van der Waals surface area contributed by atoms with Crippen LogP contribution in [0.3, 0.4) is 0 Å². The number of amides is 1. The Hall–Kier alpha value is -2.37. The largest absolute Gasteiger partial charge is 0.494 e. The maximum absolute atomic E-state index is 12.7. The number of allylic oxidation sites excluding steroid dienone is 1. The molecule has 0 saturated carbocycles. The number of thiazole rings is 1. The first-order chi connectivity index (χ1) is 13.5. The highest BCUT2D eigenvalue weighted by Gasteiger charge is 2.12. The molecule has 28 heavy (non-hydrogen) atoms. The van der Waals surface area contributed by atoms with Crippen molar-refractivity contribution in [2.24, 2.45) is 4.99 Å². The molecule has 2 aromatic carbocycles. The second kappa shape index (κ2) is 9.22. The summed E-state index contributed by atoms with van der Waals surface area (Å²) in [5.74, 6) is 0.479. The van der Waals surface area contributed by atoms with Gasteiger partial charge in [0.1, 0.15) is 5.75 Å². The van der Waals surface area contributed by atoms with E-state index in [-0.39, 0.29) is 5.91 Å². The summed E-state index contributed by atoms with van der Waals surface area (Å²) >= 11 is 7.76. The van der Waals surface area contributed by atoms with Crippen LogP contribution in [-0.4, -0.2) is 17.1 Å². The molecule has 3 rings (SSSR count). The van der Waals surface area contributed by atoms with Gasteiger partial charge in [-0.15, -0.1) is 6.58 Å². The summed E-state index contributed by atoms with van der Waals surface area (Å²) < 4.78 is 8.66. The molecule has 0 unspecified atom stereocenters. The van der Waals surface area contributed by atoms with Crippen LogP contribution in [-0.2, 0) is 6.54 Å². The average molecular weight is 415 g/mol. The van der Waals surface area contributed by atoms with Gasteiger partial charge in [-0.25, -0.2) is 0 Å². The molecular weight excluding hydrogens is 392 g/mol. The van der Waals surface area contributed by atoms with Gasteiger partial charge in [0.15, 0.2) is 4.80 Å². The zero-order chi connectivity index (χ0) is 20.1. The molecule has 0 aliphatic carbocycles. The molecule has 0 aliphatic heterocycles. The second-order valence-electron chi connectivity index (χ2n) is 6.45. The highest BCUT2D eigenvalue weighted by Crippen LogP contribution is 2.27. The predicted octanol–water partition coefficient (Wildman–Crippen LogP) is 5.77. The molecule has 0 spiro atoms. The summed E-state index contributed by atoms with van der Waals surface area (Å²) in [5.41, 5.74) is 2.49. The van der Waals surface area contributed by atoms with E-state index in [1.165, 1.54) is 11.3 Å². The van der Waals surface area contributed by atoms with E-state index in [1.807, 2.05) is 35.8 Å². The monoisotopic (exact) mass is 414 g/mol. The second-order valence-corrected chi connectivity index (χ2v) is 7.86. The molecule has 0 saturated heterocycles. The van der Waals surface area contributed by atoms with Crippen LogP contribution < -0.4 is 9.54 Å². The molecule has 0 N–H and O–H groups in total. The van der Waals surface area contributed by atoms with Crippen molar-refractivity contribution in [3.8, 4) is 5.75 Å². The highest BCUT2D eigenvalue weighted by atomic mass is 35.5. The number of halogens is 1. The number of ether oxygens (including phenoxy) is 1. The van der Waals surface area contributed by atoms with Gasteiger partial charge in [-0.3, -0.25) is 4.79 Å². The van der Waals surface area contributed by atoms with E-state index in [0.717, 1.165) is 34.4 Å². The number of nitrogens with zero attached hydrogens (tertiary/aromatic N) is 2. The third kappa shape index (κ3) is 4.37. The minimum Gasteiger partial charge on any atom is -0.494 e. The number of rotatable bonds is 7. The number of unbranched alkanes of at least 4 members (excludes halogenated alkanes) is 1. The number of aryl methyl sites for hydroxylation is 1. The zero-order valence-electron chi connectivity index (χ0n) is 16.1. The van der Waals surface area contributed by atoms with Crippen molar-refractivity contribution in [2.75, 3.05) is 6.61 Å². The van der Waals surface area contributed by atoms with Crippen LogP contribution in [0, 0.1) is 6.92 Å². The average Bonchev–Trinajstić information content (AvgIpc) is 3.03. The van der Waals surface area contributed by atoms with Crippen molar-refractivity contribution in [3.05, 3.63) is 70.0 Å². The Morgan fingerprint density at radius 3 is 2.71 bits per heavy atom. The van der Waals surface area contributed by atoms with Crippen LogP contribution in [0.4, 0.5) is 0 Å². The van der Waals surface area contributed by atoms with Gasteiger partial charge in [-0.05, 0) is 55.3 Å². The fraction of sp³-hybridized carbons (Fsp3) is 0.273. The minimum absolute atomic E-state index is 0.284. The summed E-state index contributed by atoms with van der Waals surface area (Å²) in [6.45, 7) is 9.15. The van der Waals surface area contributed by atoms with Crippen LogP contribution in [0.2, 0.25) is 5.02 Å². The summed E-state index contributed by atoms with van der Waals surface area (Å²) in [5, 5.41) is 0.694. The molecule has 1 heterocycles. The van der Waals surface area contributed by atoms with Crippen LogP contribution >= 0.6 is 22.9 Å². The molecule has 0 radical (unpaired) electrons. The van der Waals surface area contributed by atoms with Gasteiger partial charge in [-0.1, -0.05) is 42.4 Å². The van der Waals surface area contributed by atoms with E-state index in [0.29, 0.717) is 28.5 Å². The first-order valence-electron chi connectivity index (χ1n) is 9.26. The maximum atomic E-state index is 12.7. The van der Waals surface area contributed by atoms with Gasteiger partial charge in [-0.2, -0.15) is 4.99 Å². The third-order valence-corrected chi connectivity index (χ3v) is 5.86. The van der Waals surface area contributed by atoms with Gasteiger partial charge in [0, 0.05) is 17.1 Å². The van der Waals surface area contributed by atoms with Gasteiger partial charge < -0.3 is 9.30 Å². The Bertz CT molecular complexity index is 1060. The molecule has 1 aromatic heterocycles. The standard InChI is InChI=1S/C22H23ClN2O2S/c1-4-6-14-27-17-9-7-16(8-10-17)21(26)24-22-25(13-5-2)20-15(3)18(23)11-12-19(20)28-22/h5,7-12H,2,4,6,13-14H2,1,3H3. The normalized spacial score (nSPS) is 11.8. The molecule has 0 fully saturated rings. The Morgan fingerprint density at radius 1 is 1.29 bits per heavy atom. The third-order valence-electron chi connectivity index (χ3n) is 4.41. The number of hydrogen-bond donors (Lipinski definition) is 0. The Morgan fingerprint density at radius 2 is 2.04 bits per heavy atom. The maximum Gasteiger partial charge on any atom is 0.279 e. The quantitative estimate of drug-likeness (QED) is 0.363. The number of fused-ring (bicyclic) bond motifs is 1. The molecule has 146 valence electrons. The van der Waals surface area contributed by atoms with Crippen molar-refractivity contribution in [1.82, 2.24) is 4.57 Å². The topological polar surface area (TPSA) is 43.6 Å². The van der Waals surface area contributed by atoms with Crippen LogP contribution in [0.25, 0.3) is 10.2 Å². The number of aromatic nitrogens is 1. The predicted molar refractivity (Wildman–Crippen MR) is 116 cm³/mol. The summed E-state index contributed by atoms with van der Waals surface area (Å²) in [7, 11) is 0. The molecule has 0 atom stereocenters. The number of hydrogen-bond acceptors (Lipinski definition) is 3. The Kier molecular flexibility index (Phi) is 6.70. The lowest BCUT2D eigenvalue weighted by Gasteiger charge is -2.06. The zero-order valence-corrected chi connectivity index (χ0v) is 17.6. The highest BCUT2D eigenvalue weighted by molar-refractivity contribution is 7.16. The number of benzene rings is 2. The van der Waals surface area contributed by atoms with Crippen molar-refractivity contribution in [3.63, 3.8) is 0 Å². The van der Waals surface area contributed by atoms with Crippen molar-refractivity contribution in [1.29, 1.82) is 0 Å². The van der Waals surface area contributed by atoms with E-state index in [4.69, 9.17) is 16.3 Å². The van der Waals surface area contributed by atoms with Crippen molar-refractivity contribution >= 4 is 39.1 Å². The van der Waals surface area contributed by atoms with Crippen molar-refractivity contribution < 1.29 is 9.53 Å². The lowest BCUT2D eigenvalue weighted by Crippen LogP contribution is -2.16. The smallest absolute Gasteiger partial charge is 0.279 e. The van der Waals surface area contributed by atoms with E-state index in [2.05, 4.69) is 18.5 Å². The van der Waals surface area contributed by atoms with E-state index in [9.17, 15) is 4.79 Å². The molecule has 3 aromatic rings. The molecule has 0 aliphatic rings. The first kappa shape index (κ1) is 20.4. The van der Waals surface area contributed by atoms with Crippen LogP contribution in [0.1, 0.15) is 35.7 Å². The number of carbonyl (C=O) groups excluding carboxylic acids is 1. The summed E-state index contributed by atoms with van der Waals surface area (Å²) in [6, 6.07) is 11.0. The molecular formula is C22H23ClN2O2S. The van der Waals surface area contributed by atoms with Crippen LogP contribution in [0.5, 0.6) is 5.75 Å². The summed E-state index contributed by atoms with van der Waals surface area (Å²) in [4.78, 5) is 17.7. The van der Waals surface area contributed by atoms with Gasteiger partial charge in [0.05, 0.1) is 16.8 Å². The van der Waals surface area contributed by atoms with Crippen molar-refractivity contribution in [2.45, 2.75) is 33.2 Å². The van der Waals surface area contributed by atoms with Crippen LogP contribution in [0.15, 0.2) is 54.0 Å². The molecule has 6 heteroatoms. The lowest BCUT2D eigenvalue weighted by molar-refractivity contribution is 0.0998. The van der Waals surface area contributed by atoms with E-state index in [1.54, 1.807) is 18.2 Å². The molecule has 4 nitrogen and oxygen atoms in total. The van der Waals surface area contributed by atoms with Gasteiger partial charge in [0.25, 0.3) is 5.91 Å². The molecule has 1 amide bonds. The van der Waals surface area contributed by atoms with Gasteiger partial charge in [0.2, 0.25) is 0 Å². The fourth-order valence-corrected chi connectivity index (χ4v) is 4.13. The minimum atomic E-state index is -0.284. The van der Waals surface area contributed by atoms with E-state index < -0.39 is 0 Å². The first-order valence-corrected chi connectivity index (χ1v) is 10.5. The Balaban J connectivity index is 1.95.